The lowest BCUT2D eigenvalue weighted by Crippen LogP contribution is -2.15. The monoisotopic (exact) mass is 111 g/mol. The van der Waals surface area contributed by atoms with Crippen LogP contribution in [0.3, 0.4) is 0 Å². The summed E-state index contributed by atoms with van der Waals surface area (Å²) in [6.07, 6.45) is 8.05. The summed E-state index contributed by atoms with van der Waals surface area (Å²) >= 11 is 0. The van der Waals surface area contributed by atoms with Gasteiger partial charge in [-0.25, -0.2) is 0 Å². The average Bonchev–Trinajstić information content (AvgIpc) is 1.65. The molecule has 8 heavy (non-hydrogen) atoms. The molecule has 0 aromatic heterocycles. The highest BCUT2D eigenvalue weighted by molar-refractivity contribution is 4.88. The molecule has 1 aliphatic carbocycles. The van der Waals surface area contributed by atoms with Gasteiger partial charge in [0, 0.05) is 0 Å². The Kier molecular flexibility index (Phi) is 1.59. The molecule has 0 unspecified atom stereocenters. The fraction of sp³-hybridized carbons (Fsp3) is 0.875. The van der Waals surface area contributed by atoms with Gasteiger partial charge in [-0.3, -0.25) is 0 Å². The first kappa shape index (κ1) is 6.12. The molecule has 47 valence electrons. The third kappa shape index (κ3) is 1.50. The van der Waals surface area contributed by atoms with Crippen LogP contribution in [0.15, 0.2) is 0 Å². The van der Waals surface area contributed by atoms with Crippen LogP contribution in [0.2, 0.25) is 0 Å². The first-order chi connectivity index (χ1) is 3.71. The molecular formula is C8H15. The van der Waals surface area contributed by atoms with E-state index in [1.54, 1.807) is 0 Å². The van der Waals surface area contributed by atoms with E-state index in [0.29, 0.717) is 5.41 Å². The van der Waals surface area contributed by atoms with Crippen molar-refractivity contribution in [2.45, 2.75) is 39.5 Å². The van der Waals surface area contributed by atoms with Gasteiger partial charge >= 0.3 is 0 Å². The molecule has 0 atom stereocenters. The second-order valence-corrected chi connectivity index (χ2v) is 3.44. The molecule has 1 rings (SSSR count). The fourth-order valence-corrected chi connectivity index (χ4v) is 1.32. The van der Waals surface area contributed by atoms with E-state index < -0.39 is 0 Å². The predicted octanol–water partition coefficient (Wildman–Crippen LogP) is 2.79. The quantitative estimate of drug-likeness (QED) is 0.451. The largest absolute Gasteiger partial charge is 0.0596 e. The van der Waals surface area contributed by atoms with Crippen molar-refractivity contribution in [1.29, 1.82) is 0 Å². The predicted molar refractivity (Wildman–Crippen MR) is 36.5 cm³/mol. The molecule has 0 aromatic rings. The highest BCUT2D eigenvalue weighted by Crippen LogP contribution is 2.33. The minimum Gasteiger partial charge on any atom is -0.0596 e. The van der Waals surface area contributed by atoms with Gasteiger partial charge in [-0.2, -0.15) is 0 Å². The maximum absolute atomic E-state index is 2.45. The molecule has 0 amide bonds. The minimum atomic E-state index is 0.554. The van der Waals surface area contributed by atoms with Crippen molar-refractivity contribution in [1.82, 2.24) is 0 Å². The van der Waals surface area contributed by atoms with Crippen molar-refractivity contribution in [3.05, 3.63) is 6.42 Å². The van der Waals surface area contributed by atoms with Gasteiger partial charge in [0.15, 0.2) is 0 Å². The fourth-order valence-electron chi connectivity index (χ4n) is 1.32. The van der Waals surface area contributed by atoms with Gasteiger partial charge in [-0.05, 0) is 24.7 Å². The molecule has 0 N–H and O–H groups in total. The summed E-state index contributed by atoms with van der Waals surface area (Å²) in [5, 5.41) is 0. The zero-order valence-electron chi connectivity index (χ0n) is 5.91. The Balaban J connectivity index is 2.33. The molecule has 0 aliphatic heterocycles. The number of rotatable bonds is 0. The first-order valence-electron chi connectivity index (χ1n) is 3.55. The van der Waals surface area contributed by atoms with Crippen molar-refractivity contribution in [3.8, 4) is 0 Å². The van der Waals surface area contributed by atoms with E-state index >= 15 is 0 Å². The zero-order chi connectivity index (χ0) is 6.04. The minimum absolute atomic E-state index is 0.554. The lowest BCUT2D eigenvalue weighted by molar-refractivity contribution is 0.328. The molecule has 0 aromatic carbocycles. The Bertz CT molecular complexity index is 64.1. The molecule has 0 spiro atoms. The Morgan fingerprint density at radius 1 is 1.25 bits per heavy atom. The van der Waals surface area contributed by atoms with Crippen molar-refractivity contribution in [2.75, 3.05) is 0 Å². The maximum atomic E-state index is 2.45. The molecular weight excluding hydrogens is 96.1 g/mol. The summed E-state index contributed by atoms with van der Waals surface area (Å²) < 4.78 is 0. The molecule has 1 saturated carbocycles. The van der Waals surface area contributed by atoms with Crippen LogP contribution in [0, 0.1) is 11.8 Å². The van der Waals surface area contributed by atoms with Crippen molar-refractivity contribution < 1.29 is 0 Å². The second-order valence-electron chi connectivity index (χ2n) is 3.44. The van der Waals surface area contributed by atoms with Gasteiger partial charge in [-0.15, -0.1) is 0 Å². The summed E-state index contributed by atoms with van der Waals surface area (Å²) in [6.45, 7) is 4.65. The van der Waals surface area contributed by atoms with E-state index in [0.717, 1.165) is 0 Å². The maximum Gasteiger partial charge on any atom is -0.0323 e. The van der Waals surface area contributed by atoms with E-state index in [-0.39, 0.29) is 0 Å². The van der Waals surface area contributed by atoms with Crippen LogP contribution in [0.1, 0.15) is 39.5 Å². The van der Waals surface area contributed by atoms with Gasteiger partial charge < -0.3 is 0 Å². The van der Waals surface area contributed by atoms with Gasteiger partial charge in [0.1, 0.15) is 0 Å². The lowest BCUT2D eigenvalue weighted by Gasteiger charge is -2.28. The van der Waals surface area contributed by atoms with E-state index in [4.69, 9.17) is 0 Å². The molecule has 0 bridgehead atoms. The average molecular weight is 111 g/mol. The van der Waals surface area contributed by atoms with E-state index in [1.807, 2.05) is 0 Å². The van der Waals surface area contributed by atoms with Crippen LogP contribution in [0.25, 0.3) is 0 Å². The number of hydrogen-bond donors (Lipinski definition) is 0. The highest BCUT2D eigenvalue weighted by atomic mass is 14.3. The van der Waals surface area contributed by atoms with Gasteiger partial charge in [0.25, 0.3) is 0 Å². The Labute approximate surface area is 52.3 Å². The zero-order valence-corrected chi connectivity index (χ0v) is 5.91. The molecule has 1 aliphatic rings. The first-order valence-corrected chi connectivity index (χ1v) is 3.55. The second kappa shape index (κ2) is 2.08. The normalized spacial score (nSPS) is 27.8. The van der Waals surface area contributed by atoms with Crippen LogP contribution >= 0.6 is 0 Å². The topological polar surface area (TPSA) is 0 Å². The molecule has 0 heteroatoms. The van der Waals surface area contributed by atoms with Crippen LogP contribution in [0.5, 0.6) is 0 Å². The van der Waals surface area contributed by atoms with Crippen molar-refractivity contribution in [2.24, 2.45) is 5.41 Å². The summed E-state index contributed by atoms with van der Waals surface area (Å²) in [5.74, 6) is 0. The lowest BCUT2D eigenvalue weighted by atomic mass is 9.78. The highest BCUT2D eigenvalue weighted by Gasteiger charge is 2.20. The van der Waals surface area contributed by atoms with Crippen LogP contribution < -0.4 is 0 Å². The Morgan fingerprint density at radius 3 is 2.25 bits per heavy atom. The van der Waals surface area contributed by atoms with Gasteiger partial charge in [-0.1, -0.05) is 26.7 Å². The summed E-state index contributed by atoms with van der Waals surface area (Å²) in [5.41, 5.74) is 0.554. The molecule has 0 heterocycles. The standard InChI is InChI=1S/C8H15/c1-8(2)6-4-3-5-7-8/h6H,3-5,7H2,1-2H3. The van der Waals surface area contributed by atoms with Crippen molar-refractivity contribution >= 4 is 0 Å². The summed E-state index contributed by atoms with van der Waals surface area (Å²) in [6, 6.07) is 0. The molecule has 0 saturated heterocycles. The van der Waals surface area contributed by atoms with Crippen LogP contribution in [-0.2, 0) is 0 Å². The van der Waals surface area contributed by atoms with E-state index in [9.17, 15) is 0 Å². The van der Waals surface area contributed by atoms with Gasteiger partial charge in [0.2, 0.25) is 0 Å². The smallest absolute Gasteiger partial charge is 0.0323 e. The number of hydrogen-bond acceptors (Lipinski definition) is 0. The summed E-state index contributed by atoms with van der Waals surface area (Å²) in [7, 11) is 0. The third-order valence-electron chi connectivity index (χ3n) is 1.97. The summed E-state index contributed by atoms with van der Waals surface area (Å²) in [4.78, 5) is 0. The van der Waals surface area contributed by atoms with E-state index in [1.165, 1.54) is 25.7 Å². The molecule has 1 fully saturated rings. The Morgan fingerprint density at radius 2 is 2.00 bits per heavy atom. The van der Waals surface area contributed by atoms with E-state index in [2.05, 4.69) is 20.3 Å². The Hall–Kier alpha value is 0. The van der Waals surface area contributed by atoms with Crippen molar-refractivity contribution in [3.63, 3.8) is 0 Å². The molecule has 0 nitrogen and oxygen atoms in total. The van der Waals surface area contributed by atoms with Crippen LogP contribution in [0.4, 0.5) is 0 Å². The molecule has 1 radical (unpaired) electrons. The van der Waals surface area contributed by atoms with Gasteiger partial charge in [0.05, 0.1) is 0 Å². The van der Waals surface area contributed by atoms with Crippen LogP contribution in [-0.4, -0.2) is 0 Å². The SMILES string of the molecule is CC1(C)[CH]CCCC1. The third-order valence-corrected chi connectivity index (χ3v) is 1.97.